The number of ketones is 1. The van der Waals surface area contributed by atoms with Gasteiger partial charge in [-0.15, -0.1) is 5.06 Å². The lowest BCUT2D eigenvalue weighted by Gasteiger charge is -2.41. The van der Waals surface area contributed by atoms with Crippen molar-refractivity contribution in [2.45, 2.75) is 194 Å². The fraction of sp³-hybridized carbons (Fsp3) is 0.636. The van der Waals surface area contributed by atoms with Crippen LogP contribution in [0.15, 0.2) is 66.7 Å². The number of benzene rings is 2. The van der Waals surface area contributed by atoms with E-state index in [0.29, 0.717) is 48.4 Å². The van der Waals surface area contributed by atoms with Gasteiger partial charge in [0.05, 0.1) is 61.4 Å². The van der Waals surface area contributed by atoms with E-state index in [0.717, 1.165) is 30.6 Å². The molecule has 3 aliphatic rings. The summed E-state index contributed by atoms with van der Waals surface area (Å²) in [6.07, 6.45) is 3.78. The van der Waals surface area contributed by atoms with Gasteiger partial charge in [0.25, 0.3) is 11.8 Å². The van der Waals surface area contributed by atoms with Crippen LogP contribution < -0.4 is 15.4 Å². The minimum Gasteiger partial charge on any atom is -0.445 e. The van der Waals surface area contributed by atoms with Gasteiger partial charge in [-0.25, -0.2) is 19.2 Å². The van der Waals surface area contributed by atoms with Gasteiger partial charge in [0.1, 0.15) is 24.5 Å². The largest absolute Gasteiger partial charge is 0.445 e. The summed E-state index contributed by atoms with van der Waals surface area (Å²) in [5.74, 6) is -6.29. The number of carbonyl (C=O) groups is 10. The quantitative estimate of drug-likeness (QED) is 0.0499. The molecule has 2 saturated heterocycles. The van der Waals surface area contributed by atoms with Crippen LogP contribution in [0.5, 0.6) is 5.75 Å². The number of ether oxygens (including phenoxy) is 5. The Bertz CT molecular complexity index is 2770. The van der Waals surface area contributed by atoms with E-state index in [1.165, 1.54) is 57.5 Å². The van der Waals surface area contributed by atoms with Crippen LogP contribution in [-0.2, 0) is 64.0 Å². The summed E-state index contributed by atoms with van der Waals surface area (Å²) < 4.78 is 28.8. The van der Waals surface area contributed by atoms with Crippen molar-refractivity contribution < 1.29 is 81.6 Å². The van der Waals surface area contributed by atoms with Crippen LogP contribution in [0.1, 0.15) is 150 Å². The zero-order valence-electron chi connectivity index (χ0n) is 54.8. The topological polar surface area (TPSA) is 287 Å². The van der Waals surface area contributed by atoms with Gasteiger partial charge >= 0.3 is 24.2 Å². The number of aliphatic hydroxyl groups excluding tert-OH is 1. The molecular formula is C66H97N7O17. The highest BCUT2D eigenvalue weighted by molar-refractivity contribution is 6.02. The van der Waals surface area contributed by atoms with E-state index < -0.39 is 115 Å². The number of hydroxylamine groups is 2. The first kappa shape index (κ1) is 73.3. The smallest absolute Gasteiger partial charge is 0.413 e. The lowest BCUT2D eigenvalue weighted by atomic mass is 9.83. The number of imide groups is 1. The number of Topliss-reactive ketones (excluding diaryl/α,β-unsaturated/α-hetero) is 1. The lowest BCUT2D eigenvalue weighted by molar-refractivity contribution is -0.199. The summed E-state index contributed by atoms with van der Waals surface area (Å²) in [5, 5.41) is 16.6. The summed E-state index contributed by atoms with van der Waals surface area (Å²) in [6.45, 7) is 14.4. The Morgan fingerprint density at radius 3 is 2.03 bits per heavy atom. The zero-order valence-corrected chi connectivity index (χ0v) is 54.8. The molecule has 2 heterocycles. The van der Waals surface area contributed by atoms with Crippen molar-refractivity contribution in [1.82, 2.24) is 35.3 Å². The molecular weight excluding hydrogens is 1160 g/mol. The maximum atomic E-state index is 14.8. The number of likely N-dealkylation sites (tertiary alicyclic amines) is 1. The Hall–Kier alpha value is -7.44. The maximum Gasteiger partial charge on any atom is 0.413 e. The number of hydrogen-bond donors (Lipinski definition) is 3. The maximum absolute atomic E-state index is 14.8. The third kappa shape index (κ3) is 20.3. The fourth-order valence-corrected chi connectivity index (χ4v) is 12.0. The molecule has 8 amide bonds. The standard InChI is InChI=1S/C66H97N7O17/c1-14-42(6)58(53(85-12)37-56(77)72-35-23-28-51(72)60(86-13)43(7)61(79)67-44(8)59(78)46-24-19-18-20-25-46)70(10)62(80)49(40(2)3)36-52(74)57(41(4)5)71(11)66(84)87-39-45-29-31-48(32-30-45)88-64(82)68-50(63(81)90-73-54(75)33-34-55(73)76)38-69(9)65(83)89-47-26-21-16-15-17-22-27-47/h18-21,24-26,29-32,40-44,47,49-51,53,57-60,78H,14-17,22-23,27-28,33-39H2,1-13H3,(H,67,79)(H,68,82)/b26-21+/t42-,43+,44+,47?,49+,50?,51-,53+,57-,58-,59+,60+/m0/s1. The van der Waals surface area contributed by atoms with Crippen LogP contribution in [0.2, 0.25) is 0 Å². The third-order valence-electron chi connectivity index (χ3n) is 17.4. The van der Waals surface area contributed by atoms with E-state index in [9.17, 15) is 53.1 Å². The number of aliphatic hydroxyl groups is 1. The first-order chi connectivity index (χ1) is 42.7. The van der Waals surface area contributed by atoms with Gasteiger partial charge in [-0.3, -0.25) is 28.8 Å². The Labute approximate surface area is 529 Å². The van der Waals surface area contributed by atoms with Crippen molar-refractivity contribution in [3.8, 4) is 5.75 Å². The van der Waals surface area contributed by atoms with E-state index in [1.807, 2.05) is 58.0 Å². The number of hydrogen-bond acceptors (Lipinski definition) is 17. The van der Waals surface area contributed by atoms with Crippen molar-refractivity contribution in [2.75, 3.05) is 48.5 Å². The average Bonchev–Trinajstić information content (AvgIpc) is 1.50. The number of methoxy groups -OCH3 is 2. The van der Waals surface area contributed by atoms with E-state index in [1.54, 1.807) is 56.7 Å². The van der Waals surface area contributed by atoms with Gasteiger partial charge in [0.2, 0.25) is 17.7 Å². The number of carbonyl (C=O) groups excluding carboxylic acids is 10. The minimum atomic E-state index is -1.62. The predicted octanol–water partition coefficient (Wildman–Crippen LogP) is 7.69. The van der Waals surface area contributed by atoms with E-state index in [4.69, 9.17) is 28.5 Å². The van der Waals surface area contributed by atoms with Gasteiger partial charge in [-0.2, -0.15) is 0 Å². The monoisotopic (exact) mass is 1260 g/mol. The van der Waals surface area contributed by atoms with Gasteiger partial charge in [-0.05, 0) is 92.5 Å². The molecule has 0 bridgehead atoms. The van der Waals surface area contributed by atoms with Crippen molar-refractivity contribution in [3.05, 3.63) is 77.9 Å². The van der Waals surface area contributed by atoms with Gasteiger partial charge in [0, 0.05) is 67.1 Å². The Morgan fingerprint density at radius 2 is 1.42 bits per heavy atom. The second-order valence-corrected chi connectivity index (χ2v) is 24.7. The highest BCUT2D eigenvalue weighted by atomic mass is 16.7. The molecule has 0 aromatic heterocycles. The number of likely N-dealkylation sites (N-methyl/N-ethyl adjacent to an activating group) is 3. The molecule has 24 heteroatoms. The number of nitrogens with zero attached hydrogens (tertiary/aromatic N) is 5. The summed E-state index contributed by atoms with van der Waals surface area (Å²) in [5.41, 5.74) is 1.14. The van der Waals surface area contributed by atoms with Gasteiger partial charge in [-0.1, -0.05) is 110 Å². The number of allylic oxidation sites excluding steroid dienone is 1. The second-order valence-electron chi connectivity index (χ2n) is 24.7. The number of rotatable bonds is 30. The fourth-order valence-electron chi connectivity index (χ4n) is 12.0. The van der Waals surface area contributed by atoms with Crippen LogP contribution in [-0.4, -0.2) is 186 Å². The summed E-state index contributed by atoms with van der Waals surface area (Å²) in [4.78, 5) is 146. The predicted molar refractivity (Wildman–Crippen MR) is 331 cm³/mol. The van der Waals surface area contributed by atoms with Crippen molar-refractivity contribution in [1.29, 1.82) is 0 Å². The van der Waals surface area contributed by atoms with E-state index in [-0.39, 0.29) is 73.4 Å². The number of amides is 8. The number of nitrogens with one attached hydrogen (secondary N) is 2. The first-order valence-electron chi connectivity index (χ1n) is 31.5. The molecule has 1 aliphatic carbocycles. The molecule has 5 rings (SSSR count). The first-order valence-corrected chi connectivity index (χ1v) is 31.5. The van der Waals surface area contributed by atoms with E-state index >= 15 is 0 Å². The second kappa shape index (κ2) is 35.2. The Kier molecular flexibility index (Phi) is 28.7. The van der Waals surface area contributed by atoms with Crippen LogP contribution >= 0.6 is 0 Å². The zero-order chi connectivity index (χ0) is 66.5. The molecule has 2 aromatic rings. The van der Waals surface area contributed by atoms with Crippen molar-refractivity contribution in [2.24, 2.45) is 29.6 Å². The summed E-state index contributed by atoms with van der Waals surface area (Å²) >= 11 is 0. The van der Waals surface area contributed by atoms with Crippen LogP contribution in [0, 0.1) is 29.6 Å². The highest BCUT2D eigenvalue weighted by Crippen LogP contribution is 2.32. The van der Waals surface area contributed by atoms with Crippen LogP contribution in [0.25, 0.3) is 0 Å². The molecule has 0 saturated carbocycles. The molecule has 2 unspecified atom stereocenters. The van der Waals surface area contributed by atoms with E-state index in [2.05, 4.69) is 10.6 Å². The van der Waals surface area contributed by atoms with Crippen molar-refractivity contribution in [3.63, 3.8) is 0 Å². The van der Waals surface area contributed by atoms with Crippen molar-refractivity contribution >= 4 is 59.6 Å². The minimum absolute atomic E-state index is 0.00155. The Morgan fingerprint density at radius 1 is 0.756 bits per heavy atom. The van der Waals surface area contributed by atoms with Gasteiger partial charge < -0.3 is 63.9 Å². The lowest BCUT2D eigenvalue weighted by Crippen LogP contribution is -2.55. The molecule has 498 valence electrons. The molecule has 2 aromatic carbocycles. The highest BCUT2D eigenvalue weighted by Gasteiger charge is 2.44. The molecule has 24 nitrogen and oxygen atoms in total. The average molecular weight is 1260 g/mol. The molecule has 2 fully saturated rings. The van der Waals surface area contributed by atoms with Gasteiger partial charge in [0.15, 0.2) is 5.78 Å². The van der Waals surface area contributed by atoms with Crippen LogP contribution in [0.4, 0.5) is 14.4 Å². The molecule has 3 N–H and O–H groups in total. The molecule has 0 radical (unpaired) electrons. The summed E-state index contributed by atoms with van der Waals surface area (Å²) in [6, 6.07) is 10.7. The third-order valence-corrected chi connectivity index (χ3v) is 17.4. The molecule has 12 atom stereocenters. The molecule has 0 spiro atoms. The molecule has 2 aliphatic heterocycles. The normalized spacial score (nSPS) is 19.7. The Balaban J connectivity index is 1.19. The molecule has 90 heavy (non-hydrogen) atoms. The van der Waals surface area contributed by atoms with Crippen LogP contribution in [0.3, 0.4) is 0 Å². The summed E-state index contributed by atoms with van der Waals surface area (Å²) in [7, 11) is 7.49. The SMILES string of the molecule is CC[C@H](C)[C@@H]([C@@H](CC(=O)N1CCC[C@H]1[C@H](OC)[C@@H](C)C(=O)N[C@H](C)[C@@H](O)c1ccccc1)OC)N(C)C(=O)[C@H](CC(=O)[C@H](C(C)C)N(C)C(=O)OCc1ccc(OC(=O)NC(CN(C)C(=O)OC2/C=C/CCCCC2)C(=O)ON2C(=O)CCC2=O)cc1)C(C)C.